The highest BCUT2D eigenvalue weighted by atomic mass is 32.2. The maximum Gasteiger partial charge on any atom is 0.243 e. The third-order valence-corrected chi connectivity index (χ3v) is 9.37. The summed E-state index contributed by atoms with van der Waals surface area (Å²) in [7, 11) is -3.69. The van der Waals surface area contributed by atoms with Gasteiger partial charge in [0, 0.05) is 35.7 Å². The van der Waals surface area contributed by atoms with Crippen LogP contribution in [0.3, 0.4) is 0 Å². The molecular weight excluding hydrogens is 467 g/mol. The normalized spacial score (nSPS) is 21.3. The van der Waals surface area contributed by atoms with E-state index < -0.39 is 10.0 Å². The zero-order valence-corrected chi connectivity index (χ0v) is 19.6. The van der Waals surface area contributed by atoms with Crippen molar-refractivity contribution < 1.29 is 27.1 Å². The average Bonchev–Trinajstić information content (AvgIpc) is 2.84. The molecule has 3 aliphatic rings. The number of benzene rings is 2. The Morgan fingerprint density at radius 3 is 2.61 bits per heavy atom. The van der Waals surface area contributed by atoms with Gasteiger partial charge in [0.15, 0.2) is 11.5 Å². The molecule has 0 spiro atoms. The van der Waals surface area contributed by atoms with Gasteiger partial charge in [0.25, 0.3) is 0 Å². The Morgan fingerprint density at radius 2 is 1.82 bits per heavy atom. The van der Waals surface area contributed by atoms with Crippen molar-refractivity contribution in [2.45, 2.75) is 35.1 Å². The summed E-state index contributed by atoms with van der Waals surface area (Å²) in [5.74, 6) is 1.08. The molecule has 2 aromatic rings. The lowest BCUT2D eigenvalue weighted by molar-refractivity contribution is -0.127. The number of halogens is 1. The van der Waals surface area contributed by atoms with Crippen LogP contribution in [0.2, 0.25) is 0 Å². The summed E-state index contributed by atoms with van der Waals surface area (Å²) in [4.78, 5) is 13.7. The summed E-state index contributed by atoms with van der Waals surface area (Å²) >= 11 is 1.47. The number of piperidine rings is 1. The molecule has 0 unspecified atom stereocenters. The molecule has 10 heteroatoms. The first-order valence-corrected chi connectivity index (χ1v) is 13.5. The van der Waals surface area contributed by atoms with Gasteiger partial charge in [0.1, 0.15) is 19.0 Å². The standard InChI is InChI=1S/C23H25FN2O5S2/c24-18-3-1-2-17-19(8-13-32-22(17)18)25-23(27)15-6-9-26(10-7-15)33(28,29)16-4-5-20-21(14-16)31-12-11-30-20/h1-5,14-15,19H,6-13H2,(H,25,27)/t19-/m0/s1. The second kappa shape index (κ2) is 9.15. The Balaban J connectivity index is 1.22. The highest BCUT2D eigenvalue weighted by Crippen LogP contribution is 2.38. The number of rotatable bonds is 4. The van der Waals surface area contributed by atoms with Gasteiger partial charge in [-0.3, -0.25) is 4.79 Å². The predicted molar refractivity (Wildman–Crippen MR) is 122 cm³/mol. The second-order valence-electron chi connectivity index (χ2n) is 8.34. The van der Waals surface area contributed by atoms with Crippen LogP contribution in [0.1, 0.15) is 30.9 Å². The van der Waals surface area contributed by atoms with Crippen LogP contribution >= 0.6 is 11.8 Å². The van der Waals surface area contributed by atoms with Gasteiger partial charge in [-0.1, -0.05) is 12.1 Å². The van der Waals surface area contributed by atoms with Crippen LogP contribution in [-0.2, 0) is 14.8 Å². The van der Waals surface area contributed by atoms with E-state index in [1.165, 1.54) is 34.3 Å². The van der Waals surface area contributed by atoms with Crippen molar-refractivity contribution in [1.82, 2.24) is 9.62 Å². The van der Waals surface area contributed by atoms with Crippen molar-refractivity contribution in [2.75, 3.05) is 32.1 Å². The van der Waals surface area contributed by atoms with Gasteiger partial charge >= 0.3 is 0 Å². The average molecular weight is 493 g/mol. The van der Waals surface area contributed by atoms with Crippen LogP contribution in [0.4, 0.5) is 4.39 Å². The van der Waals surface area contributed by atoms with Crippen molar-refractivity contribution in [3.8, 4) is 11.5 Å². The van der Waals surface area contributed by atoms with Crippen LogP contribution < -0.4 is 14.8 Å². The van der Waals surface area contributed by atoms with Crippen molar-refractivity contribution in [2.24, 2.45) is 5.92 Å². The minimum absolute atomic E-state index is 0.0986. The minimum atomic E-state index is -3.69. The van der Waals surface area contributed by atoms with E-state index in [1.54, 1.807) is 12.1 Å². The first-order valence-electron chi connectivity index (χ1n) is 11.0. The van der Waals surface area contributed by atoms with Gasteiger partial charge in [0.2, 0.25) is 15.9 Å². The van der Waals surface area contributed by atoms with Crippen molar-refractivity contribution in [3.05, 3.63) is 47.8 Å². The van der Waals surface area contributed by atoms with Crippen molar-refractivity contribution in [1.29, 1.82) is 0 Å². The van der Waals surface area contributed by atoms with E-state index in [1.807, 2.05) is 6.07 Å². The summed E-state index contributed by atoms with van der Waals surface area (Å²) in [6, 6.07) is 9.39. The highest BCUT2D eigenvalue weighted by Gasteiger charge is 2.34. The lowest BCUT2D eigenvalue weighted by atomic mass is 9.95. The smallest absolute Gasteiger partial charge is 0.243 e. The van der Waals surface area contributed by atoms with E-state index in [0.717, 1.165) is 17.7 Å². The molecule has 0 bridgehead atoms. The first kappa shape index (κ1) is 22.5. The second-order valence-corrected chi connectivity index (χ2v) is 11.4. The van der Waals surface area contributed by atoms with Crippen LogP contribution in [-0.4, -0.2) is 50.7 Å². The van der Waals surface area contributed by atoms with Gasteiger partial charge < -0.3 is 14.8 Å². The van der Waals surface area contributed by atoms with Gasteiger partial charge in [-0.05, 0) is 43.0 Å². The Hall–Kier alpha value is -2.30. The molecule has 176 valence electrons. The van der Waals surface area contributed by atoms with E-state index in [4.69, 9.17) is 9.47 Å². The Kier molecular flexibility index (Phi) is 6.24. The van der Waals surface area contributed by atoms with E-state index in [0.29, 0.717) is 42.4 Å². The number of ether oxygens (including phenoxy) is 2. The molecule has 3 aliphatic heterocycles. The molecule has 5 rings (SSSR count). The van der Waals surface area contributed by atoms with Crippen LogP contribution in [0, 0.1) is 11.7 Å². The maximum absolute atomic E-state index is 14.1. The molecule has 1 atom stereocenters. The number of nitrogens with zero attached hydrogens (tertiary/aromatic N) is 1. The van der Waals surface area contributed by atoms with Gasteiger partial charge in [0.05, 0.1) is 10.9 Å². The summed E-state index contributed by atoms with van der Waals surface area (Å²) < 4.78 is 52.8. The molecule has 0 radical (unpaired) electrons. The molecule has 0 saturated carbocycles. The Labute approximate surface area is 196 Å². The third kappa shape index (κ3) is 4.43. The van der Waals surface area contributed by atoms with Crippen LogP contribution in [0.25, 0.3) is 0 Å². The van der Waals surface area contributed by atoms with Crippen molar-refractivity contribution >= 4 is 27.7 Å². The number of hydrogen-bond acceptors (Lipinski definition) is 6. The molecule has 1 saturated heterocycles. The fraction of sp³-hybridized carbons (Fsp3) is 0.435. The number of hydrogen-bond donors (Lipinski definition) is 1. The number of fused-ring (bicyclic) bond motifs is 2. The number of nitrogens with one attached hydrogen (secondary N) is 1. The van der Waals surface area contributed by atoms with Crippen LogP contribution in [0.15, 0.2) is 46.2 Å². The maximum atomic E-state index is 14.1. The lowest BCUT2D eigenvalue weighted by Gasteiger charge is -2.32. The van der Waals surface area contributed by atoms with E-state index in [-0.39, 0.29) is 41.7 Å². The summed E-state index contributed by atoms with van der Waals surface area (Å²) in [6.45, 7) is 1.35. The number of thioether (sulfide) groups is 1. The molecule has 0 aliphatic carbocycles. The zero-order valence-electron chi connectivity index (χ0n) is 18.0. The largest absolute Gasteiger partial charge is 0.486 e. The van der Waals surface area contributed by atoms with E-state index in [2.05, 4.69) is 5.32 Å². The molecule has 0 aromatic heterocycles. The minimum Gasteiger partial charge on any atom is -0.486 e. The number of sulfonamides is 1. The van der Waals surface area contributed by atoms with Gasteiger partial charge in [-0.25, -0.2) is 12.8 Å². The SMILES string of the molecule is O=C(N[C@H]1CCSc2c(F)cccc21)C1CCN(S(=O)(=O)c2ccc3c(c2)OCCO3)CC1. The fourth-order valence-corrected chi connectivity index (χ4v) is 7.14. The lowest BCUT2D eigenvalue weighted by Crippen LogP contribution is -2.44. The molecule has 7 nitrogen and oxygen atoms in total. The quantitative estimate of drug-likeness (QED) is 0.705. The molecule has 3 heterocycles. The zero-order chi connectivity index (χ0) is 23.0. The third-order valence-electron chi connectivity index (χ3n) is 6.32. The molecule has 1 N–H and O–H groups in total. The van der Waals surface area contributed by atoms with Gasteiger partial charge in [-0.2, -0.15) is 4.31 Å². The molecule has 2 aromatic carbocycles. The number of carbonyl (C=O) groups is 1. The van der Waals surface area contributed by atoms with E-state index >= 15 is 0 Å². The number of carbonyl (C=O) groups excluding carboxylic acids is 1. The highest BCUT2D eigenvalue weighted by molar-refractivity contribution is 7.99. The summed E-state index contributed by atoms with van der Waals surface area (Å²) in [5, 5.41) is 3.07. The first-order chi connectivity index (χ1) is 15.9. The molecule has 1 amide bonds. The Bertz CT molecular complexity index is 1170. The molecule has 1 fully saturated rings. The topological polar surface area (TPSA) is 84.9 Å². The molecular formula is C23H25FN2O5S2. The van der Waals surface area contributed by atoms with E-state index in [9.17, 15) is 17.6 Å². The summed E-state index contributed by atoms with van der Waals surface area (Å²) in [6.07, 6.45) is 1.62. The van der Waals surface area contributed by atoms with Crippen molar-refractivity contribution in [3.63, 3.8) is 0 Å². The van der Waals surface area contributed by atoms with Gasteiger partial charge in [-0.15, -0.1) is 11.8 Å². The van der Waals surface area contributed by atoms with Crippen LogP contribution in [0.5, 0.6) is 11.5 Å². The predicted octanol–water partition coefficient (Wildman–Crippen LogP) is 3.35. The summed E-state index contributed by atoms with van der Waals surface area (Å²) in [5.41, 5.74) is 0.818. The Morgan fingerprint density at radius 1 is 1.06 bits per heavy atom. The number of amides is 1. The monoisotopic (exact) mass is 492 g/mol. The molecule has 33 heavy (non-hydrogen) atoms. The fourth-order valence-electron chi connectivity index (χ4n) is 4.52.